The molecule has 8 nitrogen and oxygen atoms in total. The van der Waals surface area contributed by atoms with Gasteiger partial charge in [-0.1, -0.05) is 77.0 Å². The highest BCUT2D eigenvalue weighted by molar-refractivity contribution is 7.07. The number of ether oxygens (including phenoxy) is 3. The molecule has 4 aromatic carbocycles. The van der Waals surface area contributed by atoms with Crippen LogP contribution in [-0.2, 0) is 11.4 Å². The van der Waals surface area contributed by atoms with E-state index in [1.54, 1.807) is 35.8 Å². The number of para-hydroxylation sites is 1. The molecule has 0 aliphatic carbocycles. The Morgan fingerprint density at radius 3 is 2.39 bits per heavy atom. The van der Waals surface area contributed by atoms with Crippen molar-refractivity contribution in [2.24, 2.45) is 4.99 Å². The van der Waals surface area contributed by atoms with Gasteiger partial charge in [-0.25, -0.2) is 4.99 Å². The van der Waals surface area contributed by atoms with E-state index in [0.29, 0.717) is 66.8 Å². The number of fused-ring (bicyclic) bond motifs is 1. The molecule has 0 radical (unpaired) electrons. The molecule has 5 aromatic rings. The van der Waals surface area contributed by atoms with E-state index in [0.717, 1.165) is 16.7 Å². The quantitative estimate of drug-likeness (QED) is 0.153. The van der Waals surface area contributed by atoms with Gasteiger partial charge in [0.1, 0.15) is 12.4 Å². The van der Waals surface area contributed by atoms with Gasteiger partial charge in [0.05, 0.1) is 35.1 Å². The number of benzene rings is 4. The van der Waals surface area contributed by atoms with Crippen LogP contribution < -0.4 is 34.4 Å². The van der Waals surface area contributed by atoms with Crippen LogP contribution in [0.15, 0.2) is 112 Å². The summed E-state index contributed by atoms with van der Waals surface area (Å²) in [7, 11) is 0. The zero-order valence-corrected chi connectivity index (χ0v) is 29.4. The number of carbonyl (C=O) groups is 1. The van der Waals surface area contributed by atoms with E-state index in [-0.39, 0.29) is 18.1 Å². The molecule has 0 unspecified atom stereocenters. The molecule has 6 rings (SSSR count). The third-order valence-electron chi connectivity index (χ3n) is 7.77. The number of halogens is 2. The van der Waals surface area contributed by atoms with E-state index >= 15 is 0 Å². The number of hydrogen-bond acceptors (Lipinski definition) is 7. The van der Waals surface area contributed by atoms with Crippen molar-refractivity contribution in [3.8, 4) is 17.2 Å². The molecule has 250 valence electrons. The van der Waals surface area contributed by atoms with Crippen LogP contribution in [0.4, 0.5) is 5.69 Å². The summed E-state index contributed by atoms with van der Waals surface area (Å²) in [5.41, 5.74) is 3.56. The molecule has 1 N–H and O–H groups in total. The second-order valence-corrected chi connectivity index (χ2v) is 12.9. The Morgan fingerprint density at radius 1 is 0.918 bits per heavy atom. The number of anilines is 1. The zero-order valence-electron chi connectivity index (χ0n) is 27.0. The molecule has 1 amide bonds. The number of amides is 1. The molecule has 1 aliphatic heterocycles. The summed E-state index contributed by atoms with van der Waals surface area (Å²) in [5, 5.41) is 4.04. The standard InChI is InChI=1S/C38H33Cl2N3O5S/c1-4-46-29-16-13-25(14-17-29)35-34(36(44)42-28-9-7-6-8-10-28)23(3)41-38-43(35)37(45)33(49-38)20-24-11-18-31(32(19-24)47-5-2)48-22-26-12-15-27(39)21-30(26)40/h6-21,35H,4-5,22H2,1-3H3,(H,42,44)/b33-20-/t35-/m1/s1. The van der Waals surface area contributed by atoms with Gasteiger partial charge in [0.2, 0.25) is 0 Å². The minimum Gasteiger partial charge on any atom is -0.494 e. The second kappa shape index (κ2) is 15.2. The summed E-state index contributed by atoms with van der Waals surface area (Å²) >= 11 is 13.6. The summed E-state index contributed by atoms with van der Waals surface area (Å²) in [5.74, 6) is 1.42. The van der Waals surface area contributed by atoms with E-state index in [2.05, 4.69) is 5.32 Å². The monoisotopic (exact) mass is 713 g/mol. The summed E-state index contributed by atoms with van der Waals surface area (Å²) in [6, 6.07) is 26.7. The van der Waals surface area contributed by atoms with E-state index < -0.39 is 6.04 Å². The van der Waals surface area contributed by atoms with Crippen molar-refractivity contribution in [3.05, 3.63) is 149 Å². The van der Waals surface area contributed by atoms with Gasteiger partial charge >= 0.3 is 0 Å². The number of nitrogens with one attached hydrogen (secondary N) is 1. The topological polar surface area (TPSA) is 91.2 Å². The molecule has 1 atom stereocenters. The van der Waals surface area contributed by atoms with Crippen molar-refractivity contribution in [1.29, 1.82) is 0 Å². The Bertz CT molecular complexity index is 2210. The predicted molar refractivity (Wildman–Crippen MR) is 195 cm³/mol. The van der Waals surface area contributed by atoms with Gasteiger partial charge < -0.3 is 19.5 Å². The first-order chi connectivity index (χ1) is 23.7. The van der Waals surface area contributed by atoms with E-state index in [1.165, 1.54) is 11.3 Å². The van der Waals surface area contributed by atoms with Gasteiger partial charge in [-0.2, -0.15) is 0 Å². The molecular formula is C38H33Cl2N3O5S. The fraction of sp³-hybridized carbons (Fsp3) is 0.184. The van der Waals surface area contributed by atoms with Gasteiger partial charge in [-0.05, 0) is 86.5 Å². The van der Waals surface area contributed by atoms with Crippen LogP contribution >= 0.6 is 34.5 Å². The lowest BCUT2D eigenvalue weighted by molar-refractivity contribution is -0.113. The van der Waals surface area contributed by atoms with Crippen molar-refractivity contribution in [2.75, 3.05) is 18.5 Å². The Hall–Kier alpha value is -4.83. The first-order valence-corrected chi connectivity index (χ1v) is 17.3. The van der Waals surface area contributed by atoms with Crippen molar-refractivity contribution in [2.45, 2.75) is 33.4 Å². The van der Waals surface area contributed by atoms with Gasteiger partial charge in [0.15, 0.2) is 16.3 Å². The number of allylic oxidation sites excluding steroid dienone is 1. The average Bonchev–Trinajstić information content (AvgIpc) is 3.39. The van der Waals surface area contributed by atoms with Gasteiger partial charge in [-0.3, -0.25) is 14.2 Å². The maximum absolute atomic E-state index is 14.2. The lowest BCUT2D eigenvalue weighted by Gasteiger charge is -2.25. The van der Waals surface area contributed by atoms with Crippen molar-refractivity contribution in [3.63, 3.8) is 0 Å². The molecular weight excluding hydrogens is 681 g/mol. The van der Waals surface area contributed by atoms with Crippen LogP contribution in [0.2, 0.25) is 10.0 Å². The smallest absolute Gasteiger partial charge is 0.271 e. The number of hydrogen-bond donors (Lipinski definition) is 1. The maximum atomic E-state index is 14.2. The van der Waals surface area contributed by atoms with E-state index in [1.807, 2.05) is 86.6 Å². The molecule has 11 heteroatoms. The van der Waals surface area contributed by atoms with Crippen LogP contribution in [0.3, 0.4) is 0 Å². The number of thiazole rings is 1. The van der Waals surface area contributed by atoms with Crippen molar-refractivity contribution < 1.29 is 19.0 Å². The van der Waals surface area contributed by atoms with Crippen LogP contribution in [0.5, 0.6) is 17.2 Å². The molecule has 49 heavy (non-hydrogen) atoms. The molecule has 1 aromatic heterocycles. The molecule has 0 saturated carbocycles. The average molecular weight is 715 g/mol. The third kappa shape index (κ3) is 7.59. The molecule has 2 heterocycles. The maximum Gasteiger partial charge on any atom is 0.271 e. The van der Waals surface area contributed by atoms with Gasteiger partial charge in [0.25, 0.3) is 11.5 Å². The summed E-state index contributed by atoms with van der Waals surface area (Å²) in [4.78, 5) is 33.3. The SMILES string of the molecule is CCOc1ccc([C@@H]2C(C(=O)Nc3ccccc3)=C(C)N=c3s/c(=C\c4ccc(OCc5ccc(Cl)cc5Cl)c(OCC)c4)c(=O)n32)cc1. The Kier molecular flexibility index (Phi) is 10.5. The molecule has 0 spiro atoms. The summed E-state index contributed by atoms with van der Waals surface area (Å²) < 4.78 is 19.7. The van der Waals surface area contributed by atoms with Crippen molar-refractivity contribution in [1.82, 2.24) is 4.57 Å². The van der Waals surface area contributed by atoms with Crippen molar-refractivity contribution >= 4 is 52.2 Å². The largest absolute Gasteiger partial charge is 0.494 e. The minimum absolute atomic E-state index is 0.221. The zero-order chi connectivity index (χ0) is 34.5. The van der Waals surface area contributed by atoms with E-state index in [4.69, 9.17) is 42.4 Å². The number of carbonyl (C=O) groups excluding carboxylic acids is 1. The first kappa shape index (κ1) is 34.0. The predicted octanol–water partition coefficient (Wildman–Crippen LogP) is 7.56. The number of aromatic nitrogens is 1. The van der Waals surface area contributed by atoms with Gasteiger partial charge in [-0.15, -0.1) is 0 Å². The Balaban J connectivity index is 1.38. The highest BCUT2D eigenvalue weighted by atomic mass is 35.5. The number of nitrogens with zero attached hydrogens (tertiary/aromatic N) is 2. The van der Waals surface area contributed by atoms with Crippen LogP contribution in [0, 0.1) is 0 Å². The summed E-state index contributed by atoms with van der Waals surface area (Å²) in [6.45, 7) is 6.76. The molecule has 0 bridgehead atoms. The van der Waals surface area contributed by atoms with Crippen LogP contribution in [-0.4, -0.2) is 23.7 Å². The lowest BCUT2D eigenvalue weighted by Crippen LogP contribution is -2.40. The second-order valence-electron chi connectivity index (χ2n) is 11.1. The Morgan fingerprint density at radius 2 is 1.67 bits per heavy atom. The van der Waals surface area contributed by atoms with Crippen LogP contribution in [0.1, 0.15) is 43.5 Å². The highest BCUT2D eigenvalue weighted by Gasteiger charge is 2.32. The van der Waals surface area contributed by atoms with E-state index in [9.17, 15) is 9.59 Å². The fourth-order valence-electron chi connectivity index (χ4n) is 5.51. The molecule has 0 fully saturated rings. The normalized spacial score (nSPS) is 14.2. The third-order valence-corrected chi connectivity index (χ3v) is 9.34. The minimum atomic E-state index is -0.716. The fourth-order valence-corrected chi connectivity index (χ4v) is 7.02. The number of rotatable bonds is 11. The van der Waals surface area contributed by atoms with Gasteiger partial charge in [0, 0.05) is 21.3 Å². The molecule has 1 aliphatic rings. The van der Waals surface area contributed by atoms with Crippen LogP contribution in [0.25, 0.3) is 6.08 Å². The molecule has 0 saturated heterocycles. The highest BCUT2D eigenvalue weighted by Crippen LogP contribution is 2.33. The first-order valence-electron chi connectivity index (χ1n) is 15.7. The lowest BCUT2D eigenvalue weighted by atomic mass is 9.95. The summed E-state index contributed by atoms with van der Waals surface area (Å²) in [6.07, 6.45) is 1.80. The Labute approximate surface area is 297 Å².